The van der Waals surface area contributed by atoms with Crippen LogP contribution in [0, 0.1) is 0 Å². The number of amides is 1. The number of hydrogen-bond donors (Lipinski definition) is 0. The van der Waals surface area contributed by atoms with E-state index in [0.29, 0.717) is 31.2 Å². The predicted molar refractivity (Wildman–Crippen MR) is 112 cm³/mol. The smallest absolute Gasteiger partial charge is 0.255 e. The van der Waals surface area contributed by atoms with E-state index in [1.807, 2.05) is 56.0 Å². The van der Waals surface area contributed by atoms with Gasteiger partial charge in [0, 0.05) is 25.4 Å². The quantitative estimate of drug-likeness (QED) is 0.556. The van der Waals surface area contributed by atoms with E-state index >= 15 is 0 Å². The molecule has 2 aromatic rings. The van der Waals surface area contributed by atoms with E-state index in [4.69, 9.17) is 9.47 Å². The molecule has 5 heteroatoms. The van der Waals surface area contributed by atoms with Crippen LogP contribution in [-0.4, -0.2) is 41.2 Å². The van der Waals surface area contributed by atoms with Crippen LogP contribution in [0.5, 0.6) is 5.88 Å². The fourth-order valence-electron chi connectivity index (χ4n) is 2.67. The monoisotopic (exact) mass is 384 g/mol. The number of aromatic nitrogens is 1. The van der Waals surface area contributed by atoms with E-state index in [-0.39, 0.29) is 11.5 Å². The van der Waals surface area contributed by atoms with Gasteiger partial charge in [-0.1, -0.05) is 43.7 Å². The first-order valence-electron chi connectivity index (χ1n) is 9.95. The molecule has 0 spiro atoms. The lowest BCUT2D eigenvalue weighted by molar-refractivity contribution is -0.0168. The average molecular weight is 385 g/mol. The molecule has 0 saturated carbocycles. The van der Waals surface area contributed by atoms with Crippen LogP contribution >= 0.6 is 0 Å². The van der Waals surface area contributed by atoms with Crippen LogP contribution in [0.2, 0.25) is 0 Å². The predicted octanol–water partition coefficient (Wildman–Crippen LogP) is 4.72. The van der Waals surface area contributed by atoms with Gasteiger partial charge in [0.2, 0.25) is 5.88 Å². The largest absolute Gasteiger partial charge is 0.475 e. The van der Waals surface area contributed by atoms with E-state index < -0.39 is 0 Å². The van der Waals surface area contributed by atoms with Crippen molar-refractivity contribution in [3.05, 3.63) is 59.8 Å². The molecule has 1 heterocycles. The van der Waals surface area contributed by atoms with Crippen LogP contribution in [0.3, 0.4) is 0 Å². The Kier molecular flexibility index (Phi) is 8.45. The number of nitrogens with zero attached hydrogens (tertiary/aromatic N) is 2. The van der Waals surface area contributed by atoms with Crippen LogP contribution < -0.4 is 4.74 Å². The van der Waals surface area contributed by atoms with Crippen molar-refractivity contribution >= 4 is 5.91 Å². The molecule has 0 aliphatic carbocycles. The van der Waals surface area contributed by atoms with Gasteiger partial charge in [-0.05, 0) is 38.8 Å². The lowest BCUT2D eigenvalue weighted by Crippen LogP contribution is -2.31. The Morgan fingerprint density at radius 1 is 1.07 bits per heavy atom. The van der Waals surface area contributed by atoms with Gasteiger partial charge in [0.05, 0.1) is 17.8 Å². The van der Waals surface area contributed by atoms with Crippen molar-refractivity contribution in [2.45, 2.75) is 52.7 Å². The number of unbranched alkanes of at least 4 members (excludes halogenated alkanes) is 1. The van der Waals surface area contributed by atoms with Crippen LogP contribution in [0.1, 0.15) is 56.5 Å². The summed E-state index contributed by atoms with van der Waals surface area (Å²) in [7, 11) is 0. The topological polar surface area (TPSA) is 51.7 Å². The second-order valence-electron chi connectivity index (χ2n) is 7.76. The highest BCUT2D eigenvalue weighted by Crippen LogP contribution is 2.14. The zero-order chi connectivity index (χ0) is 20.4. The van der Waals surface area contributed by atoms with Crippen molar-refractivity contribution in [2.24, 2.45) is 0 Å². The Labute approximate surface area is 168 Å². The normalized spacial score (nSPS) is 11.3. The molecule has 1 aromatic heterocycles. The number of rotatable bonds is 10. The van der Waals surface area contributed by atoms with Crippen molar-refractivity contribution in [3.8, 4) is 5.88 Å². The van der Waals surface area contributed by atoms with E-state index in [9.17, 15) is 4.79 Å². The summed E-state index contributed by atoms with van der Waals surface area (Å²) >= 11 is 0. The summed E-state index contributed by atoms with van der Waals surface area (Å²) < 4.78 is 11.2. The molecule has 28 heavy (non-hydrogen) atoms. The van der Waals surface area contributed by atoms with Crippen LogP contribution in [-0.2, 0) is 11.3 Å². The van der Waals surface area contributed by atoms with Crippen LogP contribution in [0.4, 0.5) is 0 Å². The van der Waals surface area contributed by atoms with Gasteiger partial charge >= 0.3 is 0 Å². The molecule has 2 rings (SSSR count). The third-order valence-corrected chi connectivity index (χ3v) is 4.14. The molecular formula is C23H32N2O3. The fourth-order valence-corrected chi connectivity index (χ4v) is 2.67. The van der Waals surface area contributed by atoms with Crippen LogP contribution in [0.25, 0.3) is 0 Å². The Balaban J connectivity index is 1.95. The Bertz CT molecular complexity index is 709. The summed E-state index contributed by atoms with van der Waals surface area (Å²) in [5.41, 5.74) is 1.51. The molecule has 0 aliphatic rings. The second-order valence-corrected chi connectivity index (χ2v) is 7.76. The Hall–Kier alpha value is -2.40. The minimum absolute atomic E-state index is 0.00702. The molecule has 0 aliphatic heterocycles. The summed E-state index contributed by atoms with van der Waals surface area (Å²) in [6.07, 6.45) is 3.60. The summed E-state index contributed by atoms with van der Waals surface area (Å²) in [6, 6.07) is 13.6. The second kappa shape index (κ2) is 10.8. The highest BCUT2D eigenvalue weighted by Gasteiger charge is 2.16. The first kappa shape index (κ1) is 21.9. The minimum Gasteiger partial charge on any atom is -0.475 e. The first-order chi connectivity index (χ1) is 13.4. The van der Waals surface area contributed by atoms with E-state index in [1.54, 1.807) is 18.3 Å². The lowest BCUT2D eigenvalue weighted by Gasteiger charge is -2.23. The van der Waals surface area contributed by atoms with Gasteiger partial charge in [0.15, 0.2) is 0 Å². The minimum atomic E-state index is -0.187. The van der Waals surface area contributed by atoms with Crippen molar-refractivity contribution in [2.75, 3.05) is 19.8 Å². The molecule has 0 unspecified atom stereocenters. The number of benzene rings is 1. The number of carbonyl (C=O) groups excluding carboxylic acids is 1. The molecule has 0 fully saturated rings. The Morgan fingerprint density at radius 2 is 1.82 bits per heavy atom. The van der Waals surface area contributed by atoms with Crippen molar-refractivity contribution < 1.29 is 14.3 Å². The van der Waals surface area contributed by atoms with Crippen molar-refractivity contribution in [3.63, 3.8) is 0 Å². The van der Waals surface area contributed by atoms with Gasteiger partial charge in [0.25, 0.3) is 5.91 Å². The summed E-state index contributed by atoms with van der Waals surface area (Å²) in [4.78, 5) is 19.1. The molecule has 1 aromatic carbocycles. The molecule has 0 radical (unpaired) electrons. The average Bonchev–Trinajstić information content (AvgIpc) is 2.68. The molecule has 0 bridgehead atoms. The third-order valence-electron chi connectivity index (χ3n) is 4.14. The maximum Gasteiger partial charge on any atom is 0.255 e. The summed E-state index contributed by atoms with van der Waals surface area (Å²) in [6.45, 7) is 10.4. The SMILES string of the molecule is CCCCN(Cc1ccccc1)C(=O)c1ccc(OCCOC(C)(C)C)nc1. The molecule has 1 amide bonds. The van der Waals surface area contributed by atoms with Gasteiger partial charge in [0.1, 0.15) is 6.61 Å². The van der Waals surface area contributed by atoms with Gasteiger partial charge in [-0.3, -0.25) is 4.79 Å². The number of ether oxygens (including phenoxy) is 2. The van der Waals surface area contributed by atoms with Gasteiger partial charge in [-0.2, -0.15) is 0 Å². The molecule has 152 valence electrons. The maximum absolute atomic E-state index is 13.0. The van der Waals surface area contributed by atoms with Gasteiger partial charge in [-0.15, -0.1) is 0 Å². The third kappa shape index (κ3) is 7.69. The van der Waals surface area contributed by atoms with E-state index in [1.165, 1.54) is 0 Å². The highest BCUT2D eigenvalue weighted by atomic mass is 16.5. The zero-order valence-electron chi connectivity index (χ0n) is 17.5. The standard InChI is InChI=1S/C23H32N2O3/c1-5-6-14-25(18-19-10-8-7-9-11-19)22(26)20-12-13-21(24-17-20)27-15-16-28-23(2,3)4/h7-13,17H,5-6,14-16,18H2,1-4H3. The van der Waals surface area contributed by atoms with Crippen molar-refractivity contribution in [1.29, 1.82) is 0 Å². The van der Waals surface area contributed by atoms with Gasteiger partial charge in [-0.25, -0.2) is 4.98 Å². The maximum atomic E-state index is 13.0. The van der Waals surface area contributed by atoms with Crippen molar-refractivity contribution in [1.82, 2.24) is 9.88 Å². The summed E-state index contributed by atoms with van der Waals surface area (Å²) in [5, 5.41) is 0. The molecule has 0 N–H and O–H groups in total. The van der Waals surface area contributed by atoms with E-state index in [2.05, 4.69) is 11.9 Å². The first-order valence-corrected chi connectivity index (χ1v) is 9.95. The Morgan fingerprint density at radius 3 is 2.43 bits per heavy atom. The van der Waals surface area contributed by atoms with E-state index in [0.717, 1.165) is 24.9 Å². The summed E-state index contributed by atoms with van der Waals surface area (Å²) in [5.74, 6) is 0.490. The molecule has 0 saturated heterocycles. The lowest BCUT2D eigenvalue weighted by atomic mass is 10.1. The van der Waals surface area contributed by atoms with Crippen LogP contribution in [0.15, 0.2) is 48.7 Å². The number of hydrogen-bond acceptors (Lipinski definition) is 4. The number of pyridine rings is 1. The fraction of sp³-hybridized carbons (Fsp3) is 0.478. The molecular weight excluding hydrogens is 352 g/mol. The zero-order valence-corrected chi connectivity index (χ0v) is 17.5. The highest BCUT2D eigenvalue weighted by molar-refractivity contribution is 5.93. The molecule has 0 atom stereocenters. The number of carbonyl (C=O) groups is 1. The molecule has 5 nitrogen and oxygen atoms in total. The van der Waals surface area contributed by atoms with Gasteiger partial charge < -0.3 is 14.4 Å².